The first kappa shape index (κ1) is 12.4. The molecule has 0 aromatic carbocycles. The number of aliphatic hydroxyl groups is 1. The Morgan fingerprint density at radius 3 is 2.79 bits per heavy atom. The monoisotopic (exact) mass is 218 g/mol. The molecule has 0 spiro atoms. The van der Waals surface area contributed by atoms with Gasteiger partial charge in [-0.2, -0.15) is 0 Å². The summed E-state index contributed by atoms with van der Waals surface area (Å²) >= 11 is 0. The van der Waals surface area contributed by atoms with Gasteiger partial charge in [0.2, 0.25) is 0 Å². The molecule has 1 heterocycles. The zero-order valence-corrected chi connectivity index (χ0v) is 9.63. The van der Waals surface area contributed by atoms with Crippen molar-refractivity contribution in [1.29, 1.82) is 0 Å². The molecule has 1 saturated heterocycles. The molecule has 0 bridgehead atoms. The van der Waals surface area contributed by atoms with Crippen molar-refractivity contribution in [2.24, 2.45) is 0 Å². The largest absolute Gasteiger partial charge is 0.371 e. The van der Waals surface area contributed by atoms with Gasteiger partial charge < -0.3 is 19.1 Å². The predicted octanol–water partition coefficient (Wildman–Crippen LogP) is 0.190. The lowest BCUT2D eigenvalue weighted by atomic mass is 9.89. The Kier molecular flexibility index (Phi) is 4.35. The minimum absolute atomic E-state index is 0.232. The average Bonchev–Trinajstić information content (AvgIpc) is 2.14. The molecule has 0 aliphatic carbocycles. The highest BCUT2D eigenvalue weighted by Gasteiger charge is 2.45. The molecule has 0 amide bonds. The first-order valence-corrected chi connectivity index (χ1v) is 5.11. The van der Waals surface area contributed by atoms with Gasteiger partial charge in [-0.15, -0.1) is 0 Å². The molecule has 5 unspecified atom stereocenters. The van der Waals surface area contributed by atoms with Crippen molar-refractivity contribution >= 4 is 17.3 Å². The maximum Gasteiger partial charge on any atom is 0.186 e. The summed E-state index contributed by atoms with van der Waals surface area (Å²) in [7, 11) is 7.82. The molecule has 80 valence electrons. The summed E-state index contributed by atoms with van der Waals surface area (Å²) in [6.45, 7) is 3.88. The van der Waals surface area contributed by atoms with Crippen LogP contribution in [0.1, 0.15) is 20.3 Å². The fourth-order valence-electron chi connectivity index (χ4n) is 1.44. The maximum atomic E-state index is 9.75. The third-order valence-electron chi connectivity index (χ3n) is 2.55. The molecule has 0 aromatic heterocycles. The Morgan fingerprint density at radius 1 is 1.64 bits per heavy atom. The second kappa shape index (κ2) is 4.91. The van der Waals surface area contributed by atoms with Crippen molar-refractivity contribution in [3.05, 3.63) is 0 Å². The molecule has 1 N–H and O–H groups in total. The van der Waals surface area contributed by atoms with Crippen LogP contribution in [0.4, 0.5) is 0 Å². The van der Waals surface area contributed by atoms with Crippen LogP contribution >= 0.6 is 9.47 Å². The van der Waals surface area contributed by atoms with E-state index in [-0.39, 0.29) is 12.7 Å². The van der Waals surface area contributed by atoms with E-state index < -0.39 is 17.9 Å². The molecule has 5 atom stereocenters. The summed E-state index contributed by atoms with van der Waals surface area (Å²) in [6.07, 6.45) is -0.736. The molecular weight excluding hydrogens is 202 g/mol. The lowest BCUT2D eigenvalue weighted by Crippen LogP contribution is -2.59. The molecule has 1 aliphatic rings. The maximum absolute atomic E-state index is 9.75. The second-order valence-electron chi connectivity index (χ2n) is 3.51. The Hall–Kier alpha value is 0.335. The van der Waals surface area contributed by atoms with E-state index in [0.717, 1.165) is 0 Å². The second-order valence-corrected chi connectivity index (χ2v) is 3.84. The molecule has 2 radical (unpaired) electrons. The summed E-state index contributed by atoms with van der Waals surface area (Å²) in [6, 6.07) is -0.529. The van der Waals surface area contributed by atoms with Crippen LogP contribution in [0.2, 0.25) is 0 Å². The van der Waals surface area contributed by atoms with Crippen LogP contribution in [-0.4, -0.2) is 43.6 Å². The Labute approximate surface area is 88.0 Å². The highest BCUT2D eigenvalue weighted by Crippen LogP contribution is 2.31. The first-order valence-electron chi connectivity index (χ1n) is 4.64. The lowest BCUT2D eigenvalue weighted by molar-refractivity contribution is -0.316. The van der Waals surface area contributed by atoms with E-state index in [2.05, 4.69) is 9.47 Å². The molecule has 4 nitrogen and oxygen atoms in total. The van der Waals surface area contributed by atoms with Crippen molar-refractivity contribution in [3.8, 4) is 0 Å². The number of rotatable bonds is 3. The van der Waals surface area contributed by atoms with E-state index in [1.165, 1.54) is 0 Å². The van der Waals surface area contributed by atoms with E-state index in [1.807, 2.05) is 6.92 Å². The van der Waals surface area contributed by atoms with E-state index in [0.29, 0.717) is 6.42 Å². The topological polar surface area (TPSA) is 47.9 Å². The summed E-state index contributed by atoms with van der Waals surface area (Å²) in [4.78, 5) is 0. The van der Waals surface area contributed by atoms with Crippen LogP contribution in [0.25, 0.3) is 0 Å². The first-order chi connectivity index (χ1) is 6.55. The van der Waals surface area contributed by atoms with Crippen LogP contribution in [0.5, 0.6) is 0 Å². The number of ether oxygens (including phenoxy) is 2. The van der Waals surface area contributed by atoms with Gasteiger partial charge in [0, 0.05) is 15.5 Å². The van der Waals surface area contributed by atoms with E-state index in [4.69, 9.17) is 21.8 Å². The van der Waals surface area contributed by atoms with Gasteiger partial charge in [-0.1, -0.05) is 6.92 Å². The third kappa shape index (κ3) is 2.29. The summed E-state index contributed by atoms with van der Waals surface area (Å²) in [5, 5.41) is 9.75. The zero-order chi connectivity index (χ0) is 10.8. The summed E-state index contributed by atoms with van der Waals surface area (Å²) < 4.78 is 15.8. The third-order valence-corrected chi connectivity index (χ3v) is 2.72. The van der Waals surface area contributed by atoms with Gasteiger partial charge in [0.25, 0.3) is 0 Å². The van der Waals surface area contributed by atoms with Crippen LogP contribution in [0, 0.1) is 0 Å². The molecule has 1 fully saturated rings. The van der Waals surface area contributed by atoms with E-state index in [1.54, 1.807) is 6.92 Å². The molecule has 0 saturated carbocycles. The Balaban J connectivity index is 2.74. The smallest absolute Gasteiger partial charge is 0.186 e. The lowest BCUT2D eigenvalue weighted by Gasteiger charge is -2.45. The van der Waals surface area contributed by atoms with Gasteiger partial charge in [-0.25, -0.2) is 0 Å². The molecule has 14 heavy (non-hydrogen) atoms. The summed E-state index contributed by atoms with van der Waals surface area (Å²) in [5.74, 6) is 0. The zero-order valence-electron chi connectivity index (χ0n) is 8.47. The Morgan fingerprint density at radius 2 is 2.29 bits per heavy atom. The van der Waals surface area contributed by atoms with Crippen molar-refractivity contribution < 1.29 is 19.1 Å². The highest BCUT2D eigenvalue weighted by molar-refractivity contribution is 7.09. The van der Waals surface area contributed by atoms with Crippen molar-refractivity contribution in [2.75, 3.05) is 6.61 Å². The fourth-order valence-corrected chi connectivity index (χ4v) is 1.72. The standard InChI is InChI=1S/C8H16BO4P/c1-3-8(4-11-14)7(10)12-5(2)6(9)13-8/h5-7,10H,3-4,14H2,1-2H3. The van der Waals surface area contributed by atoms with Crippen LogP contribution in [-0.2, 0) is 14.0 Å². The Bertz CT molecular complexity index is 194. The quantitative estimate of drug-likeness (QED) is 0.542. The molecular formula is C8H16BO4P. The van der Waals surface area contributed by atoms with Gasteiger partial charge in [0.15, 0.2) is 6.29 Å². The SMILES string of the molecule is [B]C1OC(CC)(COP)C(O)OC1C. The predicted molar refractivity (Wildman–Crippen MR) is 55.9 cm³/mol. The van der Waals surface area contributed by atoms with Crippen LogP contribution < -0.4 is 0 Å². The highest BCUT2D eigenvalue weighted by atomic mass is 31.0. The fraction of sp³-hybridized carbons (Fsp3) is 1.00. The molecule has 0 aromatic rings. The number of hydrogen-bond acceptors (Lipinski definition) is 4. The van der Waals surface area contributed by atoms with Gasteiger partial charge in [-0.05, 0) is 13.3 Å². The van der Waals surface area contributed by atoms with Gasteiger partial charge >= 0.3 is 0 Å². The normalized spacial score (nSPS) is 43.9. The minimum Gasteiger partial charge on any atom is -0.371 e. The summed E-state index contributed by atoms with van der Waals surface area (Å²) in [5.41, 5.74) is -0.853. The van der Waals surface area contributed by atoms with Gasteiger partial charge in [-0.3, -0.25) is 0 Å². The van der Waals surface area contributed by atoms with E-state index >= 15 is 0 Å². The molecule has 1 aliphatic heterocycles. The van der Waals surface area contributed by atoms with E-state index in [9.17, 15) is 5.11 Å². The van der Waals surface area contributed by atoms with Crippen molar-refractivity contribution in [3.63, 3.8) is 0 Å². The van der Waals surface area contributed by atoms with Gasteiger partial charge in [0.1, 0.15) is 13.4 Å². The minimum atomic E-state index is -0.997. The van der Waals surface area contributed by atoms with Gasteiger partial charge in [0.05, 0.1) is 12.7 Å². The number of hydrogen-bond donors (Lipinski definition) is 1. The molecule has 6 heteroatoms. The van der Waals surface area contributed by atoms with Crippen molar-refractivity contribution in [1.82, 2.24) is 0 Å². The van der Waals surface area contributed by atoms with Crippen LogP contribution in [0.3, 0.4) is 0 Å². The average molecular weight is 218 g/mol. The van der Waals surface area contributed by atoms with Crippen LogP contribution in [0.15, 0.2) is 0 Å². The van der Waals surface area contributed by atoms with Crippen molar-refractivity contribution in [2.45, 2.75) is 44.3 Å². The number of aliphatic hydroxyl groups excluding tert-OH is 1. The molecule has 1 rings (SSSR count).